The maximum Gasteiger partial charge on any atom is 0.0839 e. The van der Waals surface area contributed by atoms with E-state index in [0.717, 1.165) is 12.0 Å². The van der Waals surface area contributed by atoms with Crippen LogP contribution in [0.2, 0.25) is 0 Å². The number of alkyl halides is 1. The summed E-state index contributed by atoms with van der Waals surface area (Å²) in [4.78, 5) is 0. The Morgan fingerprint density at radius 1 is 1.21 bits per heavy atom. The summed E-state index contributed by atoms with van der Waals surface area (Å²) >= 11 is 5.48. The highest BCUT2D eigenvalue weighted by molar-refractivity contribution is 6.19. The average molecular weight is 207 g/mol. The molecule has 0 aromatic heterocycles. The normalized spacial score (nSPS) is 9.71. The minimum absolute atomic E-state index is 0.397. The van der Waals surface area contributed by atoms with Crippen molar-refractivity contribution < 1.29 is 0 Å². The van der Waals surface area contributed by atoms with Crippen LogP contribution in [-0.2, 0) is 6.42 Å². The average Bonchev–Trinajstić information content (AvgIpc) is 2.16. The van der Waals surface area contributed by atoms with Crippen LogP contribution in [0.4, 0.5) is 0 Å². The molecule has 0 aliphatic rings. The highest BCUT2D eigenvalue weighted by Crippen LogP contribution is 2.08. The summed E-state index contributed by atoms with van der Waals surface area (Å²) < 4.78 is 0. The zero-order valence-corrected chi connectivity index (χ0v) is 9.43. The van der Waals surface area contributed by atoms with Crippen LogP contribution < -0.4 is 0 Å². The van der Waals surface area contributed by atoms with Crippen LogP contribution in [-0.4, -0.2) is 5.88 Å². The molecule has 1 aromatic rings. The van der Waals surface area contributed by atoms with Gasteiger partial charge in [0.1, 0.15) is 0 Å². The van der Waals surface area contributed by atoms with Crippen LogP contribution in [0.25, 0.3) is 0 Å². The second-order valence-corrected chi connectivity index (χ2v) is 4.00. The molecule has 0 saturated heterocycles. The third kappa shape index (κ3) is 3.85. The molecular formula is C13H15Cl. The van der Waals surface area contributed by atoms with Gasteiger partial charge in [0.25, 0.3) is 0 Å². The molecule has 1 aromatic carbocycles. The molecular weight excluding hydrogens is 192 g/mol. The summed E-state index contributed by atoms with van der Waals surface area (Å²) in [5.41, 5.74) is 2.41. The minimum atomic E-state index is 0.397. The maximum absolute atomic E-state index is 5.48. The van der Waals surface area contributed by atoms with Crippen molar-refractivity contribution in [1.82, 2.24) is 0 Å². The number of rotatable bonds is 2. The lowest BCUT2D eigenvalue weighted by Gasteiger charge is -2.03. The summed E-state index contributed by atoms with van der Waals surface area (Å²) in [6.45, 7) is 4.45. The Balaban J connectivity index is 2.68. The summed E-state index contributed by atoms with van der Waals surface area (Å²) in [5, 5.41) is 0. The second-order valence-electron chi connectivity index (χ2n) is 3.73. The van der Waals surface area contributed by atoms with Crippen molar-refractivity contribution in [3.05, 3.63) is 35.4 Å². The van der Waals surface area contributed by atoms with Crippen molar-refractivity contribution >= 4 is 11.6 Å². The smallest absolute Gasteiger partial charge is 0.0839 e. The predicted molar refractivity (Wildman–Crippen MR) is 62.6 cm³/mol. The molecule has 0 amide bonds. The molecule has 0 spiro atoms. The van der Waals surface area contributed by atoms with E-state index in [-0.39, 0.29) is 0 Å². The van der Waals surface area contributed by atoms with Crippen molar-refractivity contribution in [1.29, 1.82) is 0 Å². The highest BCUT2D eigenvalue weighted by atomic mass is 35.5. The first-order valence-electron chi connectivity index (χ1n) is 4.86. The van der Waals surface area contributed by atoms with Gasteiger partial charge in [0.05, 0.1) is 5.88 Å². The molecule has 0 unspecified atom stereocenters. The highest BCUT2D eigenvalue weighted by Gasteiger charge is 1.96. The summed E-state index contributed by atoms with van der Waals surface area (Å²) in [6.07, 6.45) is 1.13. The van der Waals surface area contributed by atoms with Crippen LogP contribution in [0.15, 0.2) is 24.3 Å². The first-order valence-corrected chi connectivity index (χ1v) is 5.39. The molecule has 1 rings (SSSR count). The number of hydrogen-bond acceptors (Lipinski definition) is 0. The van der Waals surface area contributed by atoms with Crippen molar-refractivity contribution in [2.24, 2.45) is 5.92 Å². The molecule has 0 N–H and O–H groups in total. The zero-order valence-electron chi connectivity index (χ0n) is 8.68. The van der Waals surface area contributed by atoms with Gasteiger partial charge in [0.15, 0.2) is 0 Å². The third-order valence-corrected chi connectivity index (χ3v) is 2.03. The molecule has 0 heterocycles. The van der Waals surface area contributed by atoms with Gasteiger partial charge in [-0.25, -0.2) is 0 Å². The van der Waals surface area contributed by atoms with Crippen molar-refractivity contribution in [3.8, 4) is 11.8 Å². The Morgan fingerprint density at radius 3 is 2.36 bits per heavy atom. The predicted octanol–water partition coefficient (Wildman–Crippen LogP) is 3.48. The summed E-state index contributed by atoms with van der Waals surface area (Å²) in [6, 6.07) is 8.38. The van der Waals surface area contributed by atoms with Crippen molar-refractivity contribution in [2.45, 2.75) is 20.3 Å². The van der Waals surface area contributed by atoms with E-state index < -0.39 is 0 Å². The monoisotopic (exact) mass is 206 g/mol. The molecule has 0 fully saturated rings. The third-order valence-electron chi connectivity index (χ3n) is 1.90. The fourth-order valence-electron chi connectivity index (χ4n) is 1.33. The molecule has 0 aliphatic carbocycles. The van der Waals surface area contributed by atoms with Crippen LogP contribution in [0.1, 0.15) is 25.0 Å². The van der Waals surface area contributed by atoms with Gasteiger partial charge in [-0.1, -0.05) is 37.8 Å². The van der Waals surface area contributed by atoms with Crippen molar-refractivity contribution in [2.75, 3.05) is 5.88 Å². The molecule has 0 atom stereocenters. The van der Waals surface area contributed by atoms with Crippen LogP contribution in [0, 0.1) is 17.8 Å². The van der Waals surface area contributed by atoms with Crippen molar-refractivity contribution in [3.63, 3.8) is 0 Å². The SMILES string of the molecule is CC(C)Cc1ccc(C#CCCl)cc1. The topological polar surface area (TPSA) is 0 Å². The van der Waals surface area contributed by atoms with Gasteiger partial charge in [-0.2, -0.15) is 0 Å². The van der Waals surface area contributed by atoms with Gasteiger partial charge in [-0.05, 0) is 30.0 Å². The van der Waals surface area contributed by atoms with Gasteiger partial charge in [-0.15, -0.1) is 11.6 Å². The molecule has 14 heavy (non-hydrogen) atoms. The van der Waals surface area contributed by atoms with Crippen LogP contribution >= 0.6 is 11.6 Å². The van der Waals surface area contributed by atoms with E-state index in [2.05, 4.69) is 50.0 Å². The zero-order chi connectivity index (χ0) is 10.4. The first kappa shape index (κ1) is 11.1. The lowest BCUT2D eigenvalue weighted by atomic mass is 10.0. The molecule has 0 nitrogen and oxygen atoms in total. The van der Waals surface area contributed by atoms with E-state index in [1.165, 1.54) is 5.56 Å². The van der Waals surface area contributed by atoms with Gasteiger partial charge in [-0.3, -0.25) is 0 Å². The van der Waals surface area contributed by atoms with Gasteiger partial charge in [0, 0.05) is 5.56 Å². The Kier molecular flexibility index (Phi) is 4.56. The van der Waals surface area contributed by atoms with Gasteiger partial charge in [0.2, 0.25) is 0 Å². The van der Waals surface area contributed by atoms with E-state index in [4.69, 9.17) is 11.6 Å². The largest absolute Gasteiger partial charge is 0.113 e. The number of halogens is 1. The fraction of sp³-hybridized carbons (Fsp3) is 0.385. The molecule has 0 aliphatic heterocycles. The fourth-order valence-corrected chi connectivity index (χ4v) is 1.40. The van der Waals surface area contributed by atoms with Crippen LogP contribution in [0.5, 0.6) is 0 Å². The van der Waals surface area contributed by atoms with Gasteiger partial charge < -0.3 is 0 Å². The van der Waals surface area contributed by atoms with Gasteiger partial charge >= 0.3 is 0 Å². The van der Waals surface area contributed by atoms with E-state index >= 15 is 0 Å². The van der Waals surface area contributed by atoms with Crippen LogP contribution in [0.3, 0.4) is 0 Å². The molecule has 0 saturated carbocycles. The Morgan fingerprint density at radius 2 is 1.86 bits per heavy atom. The molecule has 74 valence electrons. The Bertz CT molecular complexity index is 324. The second kappa shape index (κ2) is 5.73. The van der Waals surface area contributed by atoms with E-state index in [0.29, 0.717) is 11.8 Å². The standard InChI is InChI=1S/C13H15Cl/c1-11(2)10-13-7-5-12(6-8-13)4-3-9-14/h5-8,11H,9-10H2,1-2H3. The molecule has 0 radical (unpaired) electrons. The number of benzene rings is 1. The lowest BCUT2D eigenvalue weighted by Crippen LogP contribution is -1.93. The van der Waals surface area contributed by atoms with E-state index in [9.17, 15) is 0 Å². The summed E-state index contributed by atoms with van der Waals surface area (Å²) in [5.74, 6) is 6.93. The lowest BCUT2D eigenvalue weighted by molar-refractivity contribution is 0.647. The molecule has 1 heteroatoms. The molecule has 0 bridgehead atoms. The minimum Gasteiger partial charge on any atom is -0.113 e. The summed E-state index contributed by atoms with van der Waals surface area (Å²) in [7, 11) is 0. The van der Waals surface area contributed by atoms with E-state index in [1.54, 1.807) is 0 Å². The first-order chi connectivity index (χ1) is 6.72. The Labute approximate surface area is 91.3 Å². The maximum atomic E-state index is 5.48. The quantitative estimate of drug-likeness (QED) is 0.514. The Hall–Kier alpha value is -0.930. The van der Waals surface area contributed by atoms with E-state index in [1.807, 2.05) is 0 Å². The number of hydrogen-bond donors (Lipinski definition) is 0.